The summed E-state index contributed by atoms with van der Waals surface area (Å²) in [6.45, 7) is 9.85. The molecule has 0 amide bonds. The van der Waals surface area contributed by atoms with E-state index < -0.39 is 0 Å². The zero-order valence-electron chi connectivity index (χ0n) is 16.5. The van der Waals surface area contributed by atoms with Gasteiger partial charge in [0.2, 0.25) is 0 Å². The maximum atomic E-state index is 4.96. The van der Waals surface area contributed by atoms with Gasteiger partial charge in [0.15, 0.2) is 5.82 Å². The first-order valence-electron chi connectivity index (χ1n) is 9.41. The molecular formula is C23H26N4S. The van der Waals surface area contributed by atoms with E-state index in [1.54, 1.807) is 17.8 Å². The Morgan fingerprint density at radius 3 is 2.89 bits per heavy atom. The van der Waals surface area contributed by atoms with Crippen LogP contribution in [-0.4, -0.2) is 18.2 Å². The van der Waals surface area contributed by atoms with E-state index in [0.717, 1.165) is 53.3 Å². The summed E-state index contributed by atoms with van der Waals surface area (Å²) in [4.78, 5) is 9.64. The van der Waals surface area contributed by atoms with E-state index in [9.17, 15) is 0 Å². The topological polar surface area (TPSA) is 40.5 Å². The van der Waals surface area contributed by atoms with Gasteiger partial charge >= 0.3 is 0 Å². The number of aryl methyl sites for hydroxylation is 1. The van der Waals surface area contributed by atoms with E-state index in [1.807, 2.05) is 30.4 Å². The number of pyridine rings is 1. The SMILES string of the molecule is C=C/C=C(\C=C)c1cc2c(nc1CC)N(NC)/C(=C\CC1=CSC=CC1)N=C2. The van der Waals surface area contributed by atoms with Gasteiger partial charge in [-0.1, -0.05) is 50.0 Å². The Balaban J connectivity index is 1.98. The van der Waals surface area contributed by atoms with Crippen LogP contribution in [-0.2, 0) is 6.42 Å². The largest absolute Gasteiger partial charge is 0.242 e. The molecule has 28 heavy (non-hydrogen) atoms. The lowest BCUT2D eigenvalue weighted by atomic mass is 9.99. The molecule has 0 spiro atoms. The van der Waals surface area contributed by atoms with Gasteiger partial charge in [-0.25, -0.2) is 20.4 Å². The number of allylic oxidation sites excluding steroid dienone is 7. The summed E-state index contributed by atoms with van der Waals surface area (Å²) in [6, 6.07) is 2.13. The van der Waals surface area contributed by atoms with Crippen molar-refractivity contribution in [3.05, 3.63) is 88.6 Å². The molecule has 5 heteroatoms. The molecule has 144 valence electrons. The van der Waals surface area contributed by atoms with Crippen LogP contribution in [0.4, 0.5) is 5.82 Å². The Hall–Kier alpha value is -2.63. The maximum absolute atomic E-state index is 4.96. The maximum Gasteiger partial charge on any atom is 0.157 e. The molecule has 0 aliphatic carbocycles. The highest BCUT2D eigenvalue weighted by Gasteiger charge is 2.22. The summed E-state index contributed by atoms with van der Waals surface area (Å²) in [7, 11) is 1.89. The zero-order chi connectivity index (χ0) is 19.9. The summed E-state index contributed by atoms with van der Waals surface area (Å²) in [6.07, 6.45) is 14.5. The predicted molar refractivity (Wildman–Crippen MR) is 123 cm³/mol. The van der Waals surface area contributed by atoms with Gasteiger partial charge in [0.05, 0.1) is 5.69 Å². The second-order valence-corrected chi connectivity index (χ2v) is 7.16. The van der Waals surface area contributed by atoms with Gasteiger partial charge in [-0.15, -0.1) is 11.8 Å². The predicted octanol–water partition coefficient (Wildman–Crippen LogP) is 5.54. The molecule has 4 nitrogen and oxygen atoms in total. The number of nitrogens with one attached hydrogen (secondary N) is 1. The van der Waals surface area contributed by atoms with E-state index >= 15 is 0 Å². The van der Waals surface area contributed by atoms with Gasteiger partial charge in [0.1, 0.15) is 5.82 Å². The van der Waals surface area contributed by atoms with E-state index in [2.05, 4.69) is 59.5 Å². The highest BCUT2D eigenvalue weighted by Crippen LogP contribution is 2.31. The molecule has 3 heterocycles. The van der Waals surface area contributed by atoms with Gasteiger partial charge < -0.3 is 0 Å². The zero-order valence-corrected chi connectivity index (χ0v) is 17.3. The number of anilines is 1. The van der Waals surface area contributed by atoms with Crippen LogP contribution in [0.15, 0.2) is 76.8 Å². The fraction of sp³-hybridized carbons (Fsp3) is 0.217. The number of aromatic nitrogens is 1. The molecule has 3 rings (SSSR count). The summed E-state index contributed by atoms with van der Waals surface area (Å²) >= 11 is 1.73. The van der Waals surface area contributed by atoms with Crippen LogP contribution in [0.2, 0.25) is 0 Å². The molecule has 0 atom stereocenters. The van der Waals surface area contributed by atoms with Gasteiger partial charge in [0.25, 0.3) is 0 Å². The van der Waals surface area contributed by atoms with Crippen molar-refractivity contribution in [2.24, 2.45) is 4.99 Å². The van der Waals surface area contributed by atoms with Gasteiger partial charge in [-0.3, -0.25) is 0 Å². The third kappa shape index (κ3) is 4.26. The monoisotopic (exact) mass is 390 g/mol. The lowest BCUT2D eigenvalue weighted by Gasteiger charge is -2.28. The van der Waals surface area contributed by atoms with Gasteiger partial charge in [-0.2, -0.15) is 0 Å². The Labute approximate surface area is 171 Å². The molecule has 0 unspecified atom stereocenters. The molecule has 0 radical (unpaired) electrons. The molecule has 0 saturated heterocycles. The van der Waals surface area contributed by atoms with Crippen molar-refractivity contribution in [2.75, 3.05) is 12.1 Å². The highest BCUT2D eigenvalue weighted by molar-refractivity contribution is 8.04. The molecule has 2 aliphatic rings. The lowest BCUT2D eigenvalue weighted by molar-refractivity contribution is 0.752. The van der Waals surface area contributed by atoms with Crippen LogP contribution >= 0.6 is 11.8 Å². The second-order valence-electron chi connectivity index (χ2n) is 6.38. The van der Waals surface area contributed by atoms with E-state index in [4.69, 9.17) is 4.98 Å². The third-order valence-electron chi connectivity index (χ3n) is 4.61. The first-order chi connectivity index (χ1) is 13.7. The van der Waals surface area contributed by atoms with Crippen molar-refractivity contribution >= 4 is 29.4 Å². The molecule has 0 saturated carbocycles. The highest BCUT2D eigenvalue weighted by atomic mass is 32.2. The number of fused-ring (bicyclic) bond motifs is 1. The number of rotatable bonds is 7. The normalized spacial score (nSPS) is 17.5. The minimum absolute atomic E-state index is 0.828. The number of hydrazine groups is 1. The van der Waals surface area contributed by atoms with Crippen LogP contribution < -0.4 is 10.4 Å². The molecule has 1 aromatic rings. The van der Waals surface area contributed by atoms with Crippen LogP contribution in [0.5, 0.6) is 0 Å². The first kappa shape index (κ1) is 20.1. The Bertz CT molecular complexity index is 919. The standard InChI is InChI=1S/C23H26N4S/c1-5-9-18(6-2)20-14-19-15-25-22(12-11-17-10-8-13-28-16-17)27(24-4)23(19)26-21(20)7-3/h5-6,8-9,12-16,24H,1-2,7,10-11H2,3-4H3/b18-9+,22-12-. The lowest BCUT2D eigenvalue weighted by Crippen LogP contribution is -2.37. The number of aliphatic imine (C=N–C) groups is 1. The van der Waals surface area contributed by atoms with Crippen molar-refractivity contribution in [2.45, 2.75) is 26.2 Å². The van der Waals surface area contributed by atoms with Crippen molar-refractivity contribution in [1.29, 1.82) is 0 Å². The van der Waals surface area contributed by atoms with Crippen LogP contribution in [0.1, 0.15) is 36.6 Å². The summed E-state index contributed by atoms with van der Waals surface area (Å²) in [5, 5.41) is 6.29. The number of hydrogen-bond donors (Lipinski definition) is 1. The van der Waals surface area contributed by atoms with Gasteiger partial charge in [0, 0.05) is 24.4 Å². The Kier molecular flexibility index (Phi) is 6.85. The fourth-order valence-corrected chi connectivity index (χ4v) is 3.87. The fourth-order valence-electron chi connectivity index (χ4n) is 3.20. The summed E-state index contributed by atoms with van der Waals surface area (Å²) in [5.74, 6) is 1.74. The van der Waals surface area contributed by atoms with Crippen molar-refractivity contribution < 1.29 is 0 Å². The molecule has 1 N–H and O–H groups in total. The Morgan fingerprint density at radius 1 is 1.39 bits per heavy atom. The number of nitrogens with zero attached hydrogens (tertiary/aromatic N) is 3. The van der Waals surface area contributed by atoms with Crippen LogP contribution in [0.25, 0.3) is 5.57 Å². The van der Waals surface area contributed by atoms with E-state index in [1.165, 1.54) is 5.57 Å². The molecule has 0 fully saturated rings. The minimum atomic E-state index is 0.828. The van der Waals surface area contributed by atoms with Crippen molar-refractivity contribution in [3.8, 4) is 0 Å². The van der Waals surface area contributed by atoms with E-state index in [-0.39, 0.29) is 0 Å². The van der Waals surface area contributed by atoms with Crippen LogP contribution in [0.3, 0.4) is 0 Å². The molecule has 0 bridgehead atoms. The summed E-state index contributed by atoms with van der Waals surface area (Å²) < 4.78 is 0. The third-order valence-corrected chi connectivity index (χ3v) is 5.43. The minimum Gasteiger partial charge on any atom is -0.242 e. The van der Waals surface area contributed by atoms with Crippen molar-refractivity contribution in [1.82, 2.24) is 10.4 Å². The average molecular weight is 391 g/mol. The quantitative estimate of drug-likeness (QED) is 0.621. The molecule has 1 aromatic heterocycles. The smallest absolute Gasteiger partial charge is 0.157 e. The second kappa shape index (κ2) is 9.53. The Morgan fingerprint density at radius 2 is 2.25 bits per heavy atom. The number of thioether (sulfide) groups is 1. The number of hydrogen-bond acceptors (Lipinski definition) is 5. The molecular weight excluding hydrogens is 364 g/mol. The molecule has 2 aliphatic heterocycles. The average Bonchev–Trinajstić information content (AvgIpc) is 2.75. The first-order valence-corrected chi connectivity index (χ1v) is 10.4. The van der Waals surface area contributed by atoms with Crippen molar-refractivity contribution in [3.63, 3.8) is 0 Å². The van der Waals surface area contributed by atoms with Gasteiger partial charge in [-0.05, 0) is 47.8 Å². The van der Waals surface area contributed by atoms with E-state index in [0.29, 0.717) is 0 Å². The molecule has 0 aromatic carbocycles. The van der Waals surface area contributed by atoms with Crippen LogP contribution in [0, 0.1) is 0 Å². The summed E-state index contributed by atoms with van der Waals surface area (Å²) in [5.41, 5.74) is 8.72.